The summed E-state index contributed by atoms with van der Waals surface area (Å²) in [6, 6.07) is -0.862. The highest BCUT2D eigenvalue weighted by atomic mass is 16.7. The van der Waals surface area contributed by atoms with Gasteiger partial charge in [-0.05, 0) is 6.42 Å². The molecule has 0 aliphatic carbocycles. The molecule has 0 radical (unpaired) electrons. The highest BCUT2D eigenvalue weighted by Crippen LogP contribution is 2.28. The van der Waals surface area contributed by atoms with Gasteiger partial charge in [0.05, 0.1) is 6.04 Å². The topological polar surface area (TPSA) is 170 Å². The van der Waals surface area contributed by atoms with Crippen LogP contribution in [0.15, 0.2) is 0 Å². The van der Waals surface area contributed by atoms with E-state index in [2.05, 4.69) is 12.2 Å². The highest BCUT2D eigenvalue weighted by Gasteiger charge is 2.52. The minimum absolute atomic E-state index is 0.380. The number of rotatable bonds is 22. The molecule has 0 unspecified atom stereocenters. The van der Waals surface area contributed by atoms with Crippen LogP contribution in [0.4, 0.5) is 0 Å². The lowest BCUT2D eigenvalue weighted by Crippen LogP contribution is -2.67. The molecule has 1 amide bonds. The van der Waals surface area contributed by atoms with E-state index in [1.54, 1.807) is 0 Å². The SMILES string of the molecule is CCCCCCCCCCCCCCCC[C@@H](N)C(=O)N[C@@H]1O[C@H](COC(C)=O)[C@@H](OC(C)=O)[C@H](OC(C)=O)[C@H]1OC(C)=O. The first kappa shape index (κ1) is 39.3. The summed E-state index contributed by atoms with van der Waals surface area (Å²) < 4.78 is 27.1. The third-order valence-corrected chi connectivity index (χ3v) is 7.48. The van der Waals surface area contributed by atoms with E-state index in [9.17, 15) is 24.0 Å². The largest absolute Gasteiger partial charge is 0.463 e. The van der Waals surface area contributed by atoms with Crippen LogP contribution in [0.2, 0.25) is 0 Å². The third-order valence-electron chi connectivity index (χ3n) is 7.48. The van der Waals surface area contributed by atoms with Crippen LogP contribution in [0.25, 0.3) is 0 Å². The number of hydrogen-bond donors (Lipinski definition) is 2. The first-order valence-corrected chi connectivity index (χ1v) is 16.3. The summed E-state index contributed by atoms with van der Waals surface area (Å²) in [5.41, 5.74) is 6.17. The predicted molar refractivity (Wildman–Crippen MR) is 163 cm³/mol. The molecular weight excluding hydrogens is 572 g/mol. The van der Waals surface area contributed by atoms with Crippen LogP contribution in [0.1, 0.15) is 131 Å². The van der Waals surface area contributed by atoms with Gasteiger partial charge in [0.1, 0.15) is 12.7 Å². The summed E-state index contributed by atoms with van der Waals surface area (Å²) in [5, 5.41) is 2.63. The fourth-order valence-corrected chi connectivity index (χ4v) is 5.28. The smallest absolute Gasteiger partial charge is 0.303 e. The lowest BCUT2D eigenvalue weighted by Gasteiger charge is -2.44. The van der Waals surface area contributed by atoms with Crippen molar-refractivity contribution < 1.29 is 47.7 Å². The molecule has 1 fully saturated rings. The summed E-state index contributed by atoms with van der Waals surface area (Å²) in [5.74, 6) is -3.42. The van der Waals surface area contributed by atoms with Gasteiger partial charge < -0.3 is 34.7 Å². The Morgan fingerprint density at radius 1 is 0.636 bits per heavy atom. The maximum Gasteiger partial charge on any atom is 0.303 e. The zero-order valence-corrected chi connectivity index (χ0v) is 27.4. The molecule has 0 bridgehead atoms. The van der Waals surface area contributed by atoms with Crippen LogP contribution in [-0.2, 0) is 47.7 Å². The summed E-state index contributed by atoms with van der Waals surface area (Å²) >= 11 is 0. The molecule has 3 N–H and O–H groups in total. The van der Waals surface area contributed by atoms with E-state index < -0.39 is 66.5 Å². The fourth-order valence-electron chi connectivity index (χ4n) is 5.28. The van der Waals surface area contributed by atoms with Gasteiger partial charge in [-0.3, -0.25) is 24.0 Å². The summed E-state index contributed by atoms with van der Waals surface area (Å²) in [7, 11) is 0. The number of esters is 4. The number of hydrogen-bond acceptors (Lipinski definition) is 11. The van der Waals surface area contributed by atoms with E-state index in [0.29, 0.717) is 6.42 Å². The van der Waals surface area contributed by atoms with Gasteiger partial charge >= 0.3 is 23.9 Å². The first-order valence-electron chi connectivity index (χ1n) is 16.3. The third kappa shape index (κ3) is 16.9. The molecule has 1 saturated heterocycles. The molecule has 0 saturated carbocycles. The van der Waals surface area contributed by atoms with Crippen molar-refractivity contribution in [1.82, 2.24) is 5.32 Å². The number of amides is 1. The molecular formula is C32H56N2O10. The average molecular weight is 629 g/mol. The van der Waals surface area contributed by atoms with Crippen molar-refractivity contribution in [2.45, 2.75) is 168 Å². The van der Waals surface area contributed by atoms with Gasteiger partial charge in [-0.25, -0.2) is 0 Å². The number of carbonyl (C=O) groups is 5. The molecule has 44 heavy (non-hydrogen) atoms. The second-order valence-electron chi connectivity index (χ2n) is 11.6. The van der Waals surface area contributed by atoms with Crippen LogP contribution in [-0.4, -0.2) is 73.1 Å². The van der Waals surface area contributed by atoms with Crippen molar-refractivity contribution >= 4 is 29.8 Å². The lowest BCUT2D eigenvalue weighted by molar-refractivity contribution is -0.257. The Kier molecular flexibility index (Phi) is 20.3. The molecule has 1 aliphatic rings. The number of carbonyl (C=O) groups excluding carboxylic acids is 5. The fraction of sp³-hybridized carbons (Fsp3) is 0.844. The number of nitrogens with two attached hydrogens (primary N) is 1. The van der Waals surface area contributed by atoms with Crippen molar-refractivity contribution in [1.29, 1.82) is 0 Å². The Hall–Kier alpha value is -2.73. The van der Waals surface area contributed by atoms with Crippen molar-refractivity contribution in [2.24, 2.45) is 5.73 Å². The zero-order valence-electron chi connectivity index (χ0n) is 27.4. The van der Waals surface area contributed by atoms with Crippen LogP contribution in [0.3, 0.4) is 0 Å². The minimum atomic E-state index is -1.37. The Labute approximate surface area is 262 Å². The van der Waals surface area contributed by atoms with Gasteiger partial charge in [0, 0.05) is 27.7 Å². The van der Waals surface area contributed by atoms with Crippen molar-refractivity contribution in [3.63, 3.8) is 0 Å². The van der Waals surface area contributed by atoms with Gasteiger partial charge in [0.2, 0.25) is 5.91 Å². The molecule has 0 aromatic carbocycles. The maximum absolute atomic E-state index is 13.0. The maximum atomic E-state index is 13.0. The Bertz CT molecular complexity index is 883. The molecule has 12 nitrogen and oxygen atoms in total. The van der Waals surface area contributed by atoms with Gasteiger partial charge in [0.15, 0.2) is 24.5 Å². The van der Waals surface area contributed by atoms with Gasteiger partial charge in [-0.2, -0.15) is 0 Å². The normalized spacial score (nSPS) is 22.0. The van der Waals surface area contributed by atoms with E-state index in [1.807, 2.05) is 0 Å². The van der Waals surface area contributed by atoms with E-state index in [-0.39, 0.29) is 6.61 Å². The van der Waals surface area contributed by atoms with E-state index in [4.69, 9.17) is 29.4 Å². The quantitative estimate of drug-likeness (QED) is 0.0991. The molecule has 1 aliphatic heterocycles. The second-order valence-corrected chi connectivity index (χ2v) is 11.6. The molecule has 12 heteroatoms. The molecule has 6 atom stereocenters. The number of unbranched alkanes of at least 4 members (excludes halogenated alkanes) is 13. The molecule has 1 heterocycles. The van der Waals surface area contributed by atoms with E-state index >= 15 is 0 Å². The number of nitrogens with one attached hydrogen (secondary N) is 1. The van der Waals surface area contributed by atoms with Crippen LogP contribution in [0, 0.1) is 0 Å². The summed E-state index contributed by atoms with van der Waals surface area (Å²) in [6.45, 7) is 6.45. The second kappa shape index (κ2) is 22.7. The highest BCUT2D eigenvalue weighted by molar-refractivity contribution is 5.81. The molecule has 1 rings (SSSR count). The molecule has 254 valence electrons. The Morgan fingerprint density at radius 2 is 1.07 bits per heavy atom. The Balaban J connectivity index is 2.63. The van der Waals surface area contributed by atoms with Crippen LogP contribution < -0.4 is 11.1 Å². The Morgan fingerprint density at radius 3 is 1.52 bits per heavy atom. The van der Waals surface area contributed by atoms with Crippen LogP contribution in [0.5, 0.6) is 0 Å². The van der Waals surface area contributed by atoms with E-state index in [1.165, 1.54) is 71.1 Å². The van der Waals surface area contributed by atoms with Crippen molar-refractivity contribution in [2.75, 3.05) is 6.61 Å². The first-order chi connectivity index (χ1) is 21.0. The van der Waals surface area contributed by atoms with E-state index in [0.717, 1.165) is 46.5 Å². The lowest BCUT2D eigenvalue weighted by atomic mass is 9.96. The van der Waals surface area contributed by atoms with Gasteiger partial charge in [-0.15, -0.1) is 0 Å². The standard InChI is InChI=1S/C32H56N2O10/c1-6-7-8-9-10-11-12-13-14-15-16-17-18-19-20-26(33)31(39)34-32-30(43-25(5)38)29(42-24(4)37)28(41-23(3)36)27(44-32)21-40-22(2)35/h26-30,32H,6-21,33H2,1-5H3,(H,34,39)/t26-,27-,28-,29+,30-,32-/m1/s1. The average Bonchev–Trinajstić information content (AvgIpc) is 2.94. The van der Waals surface area contributed by atoms with Crippen molar-refractivity contribution in [3.8, 4) is 0 Å². The molecule has 0 aromatic heterocycles. The predicted octanol–water partition coefficient (Wildman–Crippen LogP) is 4.38. The summed E-state index contributed by atoms with van der Waals surface area (Å²) in [4.78, 5) is 60.3. The van der Waals surface area contributed by atoms with Gasteiger partial charge in [0.25, 0.3) is 0 Å². The molecule has 0 aromatic rings. The zero-order chi connectivity index (χ0) is 32.9. The molecule has 0 spiro atoms. The monoisotopic (exact) mass is 628 g/mol. The van der Waals surface area contributed by atoms with Crippen molar-refractivity contribution in [3.05, 3.63) is 0 Å². The number of ether oxygens (including phenoxy) is 5. The van der Waals surface area contributed by atoms with Crippen LogP contribution >= 0.6 is 0 Å². The summed E-state index contributed by atoms with van der Waals surface area (Å²) in [6.07, 6.45) is 11.0. The van der Waals surface area contributed by atoms with Gasteiger partial charge in [-0.1, -0.05) is 96.8 Å². The minimum Gasteiger partial charge on any atom is -0.463 e.